The van der Waals surface area contributed by atoms with Crippen molar-refractivity contribution in [1.82, 2.24) is 25.8 Å². The van der Waals surface area contributed by atoms with Crippen molar-refractivity contribution in [3.8, 4) is 0 Å². The van der Waals surface area contributed by atoms with E-state index < -0.39 is 98.6 Å². The molecule has 2 rings (SSSR count). The number of urea groups is 1. The van der Waals surface area contributed by atoms with Gasteiger partial charge in [-0.05, 0) is 62.6 Å². The first kappa shape index (κ1) is 52.0. The van der Waals surface area contributed by atoms with Gasteiger partial charge in [0, 0.05) is 38.2 Å². The average molecular weight is 882 g/mol. The summed E-state index contributed by atoms with van der Waals surface area (Å²) < 4.78 is 41.8. The Morgan fingerprint density at radius 3 is 2.13 bits per heavy atom. The van der Waals surface area contributed by atoms with E-state index in [9.17, 15) is 46.8 Å². The van der Waals surface area contributed by atoms with Crippen LogP contribution in [0.2, 0.25) is 0 Å². The molecule has 1 saturated heterocycles. The maximum Gasteiger partial charge on any atom is 0.312 e. The molecule has 7 N–H and O–H groups in total. The monoisotopic (exact) mass is 881 g/mol. The number of benzene rings is 1. The zero-order valence-electron chi connectivity index (χ0n) is 36.3. The minimum absolute atomic E-state index is 0.0271. The third-order valence-corrected chi connectivity index (χ3v) is 10.3. The first-order chi connectivity index (χ1) is 28.2. The van der Waals surface area contributed by atoms with Gasteiger partial charge < -0.3 is 41.4 Å². The number of carbonyl (C=O) groups is 8. The second-order valence-electron chi connectivity index (χ2n) is 17.3. The van der Waals surface area contributed by atoms with Crippen LogP contribution in [0.4, 0.5) is 10.5 Å². The fraction of sp³-hybridized carbons (Fsp3) is 0.650. The highest BCUT2D eigenvalue weighted by Crippen LogP contribution is 2.35. The standard InChI is InChI=1S/C40H63N7O13S/c1-25(2)33(35(52)44-29(10-9-16-42-38(41)55)34(51)43-27-13-11-26(12-14-27)24-60-37(54)40(6,7)8)45-30(48)15-17-46(18-19-59-20-21-61(56,57)58)32(50)23-47-31(49)22-28(36(47)53)39(3,4)5/h11-14,25,28-29,33H,9-10,15-24H2,1-8H3,(H,43,51)(H,44,52)(H,45,48)(H3,41,42,55)(H,56,57,58)/t28-,29+,33+/m1/s1. The number of nitrogens with zero attached hydrogens (tertiary/aromatic N) is 2. The van der Waals surface area contributed by atoms with Gasteiger partial charge in [0.2, 0.25) is 35.4 Å². The molecule has 0 radical (unpaired) electrons. The lowest BCUT2D eigenvalue weighted by molar-refractivity contribution is -0.154. The molecule has 61 heavy (non-hydrogen) atoms. The number of hydrogen-bond acceptors (Lipinski definition) is 12. The van der Waals surface area contributed by atoms with E-state index in [1.165, 1.54) is 4.90 Å². The number of primary amides is 1. The number of anilines is 1. The fourth-order valence-electron chi connectivity index (χ4n) is 5.91. The van der Waals surface area contributed by atoms with Crippen LogP contribution in [-0.4, -0.2) is 127 Å². The number of nitrogens with two attached hydrogens (primary N) is 1. The highest BCUT2D eigenvalue weighted by atomic mass is 32.2. The van der Waals surface area contributed by atoms with E-state index in [4.69, 9.17) is 19.8 Å². The molecular weight excluding hydrogens is 819 g/mol. The summed E-state index contributed by atoms with van der Waals surface area (Å²) in [5.41, 5.74) is 5.02. The van der Waals surface area contributed by atoms with Crippen LogP contribution in [0.25, 0.3) is 0 Å². The Balaban J connectivity index is 2.16. The van der Waals surface area contributed by atoms with Gasteiger partial charge in [0.15, 0.2) is 0 Å². The first-order valence-electron chi connectivity index (χ1n) is 20.0. The number of nitrogens with one attached hydrogen (secondary N) is 4. The predicted octanol–water partition coefficient (Wildman–Crippen LogP) is 1.33. The minimum atomic E-state index is -4.31. The summed E-state index contributed by atoms with van der Waals surface area (Å²) >= 11 is 0. The Labute approximate surface area is 357 Å². The molecule has 3 atom stereocenters. The van der Waals surface area contributed by atoms with Crippen molar-refractivity contribution in [2.24, 2.45) is 28.4 Å². The van der Waals surface area contributed by atoms with Gasteiger partial charge in [0.25, 0.3) is 10.1 Å². The number of esters is 1. The largest absolute Gasteiger partial charge is 0.460 e. The number of rotatable bonds is 23. The molecule has 0 aromatic heterocycles. The van der Waals surface area contributed by atoms with Gasteiger partial charge in [0.05, 0.1) is 30.3 Å². The zero-order valence-corrected chi connectivity index (χ0v) is 37.1. The third-order valence-electron chi connectivity index (χ3n) is 9.61. The van der Waals surface area contributed by atoms with E-state index in [0.717, 1.165) is 4.90 Å². The fourth-order valence-corrected chi connectivity index (χ4v) is 6.24. The quantitative estimate of drug-likeness (QED) is 0.0392. The van der Waals surface area contributed by atoms with Crippen LogP contribution in [0.15, 0.2) is 24.3 Å². The molecule has 342 valence electrons. The van der Waals surface area contributed by atoms with E-state index in [0.29, 0.717) is 11.3 Å². The normalized spacial score (nSPS) is 15.5. The molecule has 1 aromatic rings. The second kappa shape index (κ2) is 23.2. The van der Waals surface area contributed by atoms with Crippen LogP contribution in [-0.2, 0) is 59.8 Å². The van der Waals surface area contributed by atoms with Crippen molar-refractivity contribution in [3.63, 3.8) is 0 Å². The van der Waals surface area contributed by atoms with Crippen molar-refractivity contribution in [1.29, 1.82) is 0 Å². The van der Waals surface area contributed by atoms with E-state index in [2.05, 4.69) is 21.3 Å². The molecule has 1 heterocycles. The lowest BCUT2D eigenvalue weighted by Gasteiger charge is -2.28. The van der Waals surface area contributed by atoms with Crippen molar-refractivity contribution in [2.45, 2.75) is 99.8 Å². The summed E-state index contributed by atoms with van der Waals surface area (Å²) in [5.74, 6) is -5.81. The Bertz CT molecular complexity index is 1840. The molecule has 0 aliphatic carbocycles. The summed E-state index contributed by atoms with van der Waals surface area (Å²) in [6.07, 6.45) is -0.0899. The van der Waals surface area contributed by atoms with Gasteiger partial charge in [0.1, 0.15) is 25.2 Å². The molecule has 0 saturated carbocycles. The maximum absolute atomic E-state index is 13.7. The number of imide groups is 1. The Kier molecular flexibility index (Phi) is 19.7. The van der Waals surface area contributed by atoms with Crippen LogP contribution in [0.5, 0.6) is 0 Å². The number of hydrogen-bond donors (Lipinski definition) is 6. The summed E-state index contributed by atoms with van der Waals surface area (Å²) in [6, 6.07) is 3.49. The molecule has 0 unspecified atom stereocenters. The third kappa shape index (κ3) is 18.6. The average Bonchev–Trinajstić information content (AvgIpc) is 3.43. The van der Waals surface area contributed by atoms with Crippen molar-refractivity contribution in [3.05, 3.63) is 29.8 Å². The minimum Gasteiger partial charge on any atom is -0.460 e. The summed E-state index contributed by atoms with van der Waals surface area (Å²) in [5, 5.41) is 10.5. The SMILES string of the molecule is CC(C)[C@H](NC(=O)CCN(CCOCCS(=O)(=O)O)C(=O)CN1C(=O)C[C@@H](C(C)(C)C)C1=O)C(=O)N[C@@H](CCCNC(N)=O)C(=O)Nc1ccc(COC(=O)C(C)(C)C)cc1. The second-order valence-corrected chi connectivity index (χ2v) is 18.8. The number of amides is 8. The van der Waals surface area contributed by atoms with Gasteiger partial charge >= 0.3 is 12.0 Å². The molecule has 1 aliphatic rings. The van der Waals surface area contributed by atoms with Gasteiger partial charge in [-0.1, -0.05) is 46.8 Å². The molecular formula is C40H63N7O13S. The van der Waals surface area contributed by atoms with Gasteiger partial charge in [-0.15, -0.1) is 0 Å². The van der Waals surface area contributed by atoms with Crippen LogP contribution < -0.4 is 27.0 Å². The molecule has 8 amide bonds. The molecule has 1 aliphatic heterocycles. The maximum atomic E-state index is 13.7. The topological polar surface area (TPSA) is 290 Å². The van der Waals surface area contributed by atoms with E-state index >= 15 is 0 Å². The predicted molar refractivity (Wildman–Crippen MR) is 223 cm³/mol. The molecule has 0 spiro atoms. The smallest absolute Gasteiger partial charge is 0.312 e. The van der Waals surface area contributed by atoms with E-state index in [1.807, 2.05) is 20.8 Å². The summed E-state index contributed by atoms with van der Waals surface area (Å²) in [6.45, 7) is 12.5. The number of ether oxygens (including phenoxy) is 2. The van der Waals surface area contributed by atoms with Crippen LogP contribution in [0.3, 0.4) is 0 Å². The number of likely N-dealkylation sites (tertiary alicyclic amines) is 1. The lowest BCUT2D eigenvalue weighted by atomic mass is 9.80. The molecule has 0 bridgehead atoms. The first-order valence-corrected chi connectivity index (χ1v) is 21.7. The highest BCUT2D eigenvalue weighted by Gasteiger charge is 2.45. The Morgan fingerprint density at radius 1 is 0.951 bits per heavy atom. The Hall–Kier alpha value is -5.15. The molecule has 21 heteroatoms. The summed E-state index contributed by atoms with van der Waals surface area (Å²) in [7, 11) is -4.31. The van der Waals surface area contributed by atoms with Gasteiger partial charge in [-0.2, -0.15) is 8.42 Å². The van der Waals surface area contributed by atoms with Crippen LogP contribution in [0.1, 0.15) is 86.6 Å². The van der Waals surface area contributed by atoms with Crippen LogP contribution in [0, 0.1) is 22.7 Å². The van der Waals surface area contributed by atoms with Crippen molar-refractivity contribution >= 4 is 63.2 Å². The highest BCUT2D eigenvalue weighted by molar-refractivity contribution is 7.85. The van der Waals surface area contributed by atoms with Crippen molar-refractivity contribution < 1.29 is 60.8 Å². The van der Waals surface area contributed by atoms with E-state index in [1.54, 1.807) is 58.9 Å². The lowest BCUT2D eigenvalue weighted by Crippen LogP contribution is -2.55. The molecule has 20 nitrogen and oxygen atoms in total. The van der Waals surface area contributed by atoms with E-state index in [-0.39, 0.29) is 71.1 Å². The van der Waals surface area contributed by atoms with Crippen molar-refractivity contribution in [2.75, 3.05) is 50.5 Å². The van der Waals surface area contributed by atoms with Crippen LogP contribution >= 0.6 is 0 Å². The van der Waals surface area contributed by atoms with Gasteiger partial charge in [-0.25, -0.2) is 4.79 Å². The molecule has 1 fully saturated rings. The zero-order chi connectivity index (χ0) is 46.3. The van der Waals surface area contributed by atoms with Gasteiger partial charge in [-0.3, -0.25) is 43.0 Å². The Morgan fingerprint density at radius 2 is 1.59 bits per heavy atom. The number of carbonyl (C=O) groups excluding carboxylic acids is 8. The summed E-state index contributed by atoms with van der Waals surface area (Å²) in [4.78, 5) is 105. The molecule has 1 aromatic carbocycles.